The van der Waals surface area contributed by atoms with Crippen molar-refractivity contribution in [3.05, 3.63) is 70.8 Å². The number of H-pyrrole nitrogens is 1. The van der Waals surface area contributed by atoms with Gasteiger partial charge in [-0.2, -0.15) is 15.5 Å². The number of hydrazone groups is 2. The van der Waals surface area contributed by atoms with E-state index < -0.39 is 0 Å². The Kier molecular flexibility index (Phi) is 8.31. The highest BCUT2D eigenvalue weighted by Gasteiger charge is 2.25. The van der Waals surface area contributed by atoms with Gasteiger partial charge in [-0.3, -0.25) is 10.2 Å². The van der Waals surface area contributed by atoms with Crippen molar-refractivity contribution in [2.24, 2.45) is 10.2 Å². The largest absolute Gasteiger partial charge is 0.493 e. The van der Waals surface area contributed by atoms with E-state index in [9.17, 15) is 10.1 Å². The standard InChI is InChI=1S/C28H27N9O3S/c1-4-40-24-14-19(9-12-23(24)39-3)21-6-5-13-37(36-21)28(38)25-17(2)32-27(41-25)18-7-10-20(11-8-18)33-34-22(15-29)26-30-16-31-35-26/h7-12,14,16,33H,4-6,13H2,1-3H3,(H,30,31,35)/b34-22+. The van der Waals surface area contributed by atoms with E-state index in [2.05, 4.69) is 30.7 Å². The minimum Gasteiger partial charge on any atom is -0.493 e. The highest BCUT2D eigenvalue weighted by atomic mass is 32.1. The SMILES string of the molecule is CCOc1cc(C2=NN(C(=O)c3sc(-c4ccc(N/N=C(\C#N)c5nnc[nH]5)cc4)nc3C)CCC2)ccc1OC. The summed E-state index contributed by atoms with van der Waals surface area (Å²) in [6, 6.07) is 15.1. The highest BCUT2D eigenvalue weighted by Crippen LogP contribution is 2.32. The second kappa shape index (κ2) is 12.4. The number of aromatic nitrogens is 4. The molecule has 2 aromatic heterocycles. The van der Waals surface area contributed by atoms with E-state index in [1.54, 1.807) is 7.11 Å². The minimum atomic E-state index is -0.175. The van der Waals surface area contributed by atoms with E-state index in [0.29, 0.717) is 40.9 Å². The minimum absolute atomic E-state index is 0.0792. The quantitative estimate of drug-likeness (QED) is 0.219. The summed E-state index contributed by atoms with van der Waals surface area (Å²) in [5.41, 5.74) is 6.82. The predicted molar refractivity (Wildman–Crippen MR) is 155 cm³/mol. The Balaban J connectivity index is 1.32. The lowest BCUT2D eigenvalue weighted by molar-refractivity contribution is 0.0755. The Bertz CT molecular complexity index is 1640. The summed E-state index contributed by atoms with van der Waals surface area (Å²) in [7, 11) is 1.61. The summed E-state index contributed by atoms with van der Waals surface area (Å²) in [5.74, 6) is 1.40. The number of nitriles is 1. The molecule has 3 heterocycles. The van der Waals surface area contributed by atoms with Crippen molar-refractivity contribution < 1.29 is 14.3 Å². The molecule has 4 aromatic rings. The van der Waals surface area contributed by atoms with E-state index >= 15 is 0 Å². The van der Waals surface area contributed by atoms with Gasteiger partial charge in [0, 0.05) is 17.7 Å². The zero-order chi connectivity index (χ0) is 28.8. The van der Waals surface area contributed by atoms with Crippen LogP contribution >= 0.6 is 11.3 Å². The number of anilines is 1. The third-order valence-electron chi connectivity index (χ3n) is 6.22. The van der Waals surface area contributed by atoms with Crippen LogP contribution in [-0.4, -0.2) is 62.8 Å². The molecule has 0 radical (unpaired) electrons. The molecule has 12 nitrogen and oxygen atoms in total. The van der Waals surface area contributed by atoms with Crippen molar-refractivity contribution in [2.45, 2.75) is 26.7 Å². The van der Waals surface area contributed by atoms with Crippen LogP contribution in [0.1, 0.15) is 46.5 Å². The number of methoxy groups -OCH3 is 1. The molecule has 5 rings (SSSR count). The first-order chi connectivity index (χ1) is 20.0. The number of hydrogen-bond acceptors (Lipinski definition) is 11. The van der Waals surface area contributed by atoms with E-state index in [1.807, 2.05) is 62.4 Å². The number of ether oxygens (including phenoxy) is 2. The number of hydrogen-bond donors (Lipinski definition) is 2. The van der Waals surface area contributed by atoms with E-state index in [1.165, 1.54) is 22.7 Å². The molecule has 0 saturated carbocycles. The molecule has 1 aliphatic rings. The molecular weight excluding hydrogens is 542 g/mol. The third kappa shape index (κ3) is 6.07. The molecule has 0 bridgehead atoms. The number of thiazole rings is 1. The summed E-state index contributed by atoms with van der Waals surface area (Å²) in [6.45, 7) is 4.80. The Morgan fingerprint density at radius 2 is 2.02 bits per heavy atom. The molecule has 2 N–H and O–H groups in total. The Hall–Kier alpha value is -5.09. The first kappa shape index (κ1) is 27.5. The number of aromatic amines is 1. The monoisotopic (exact) mass is 569 g/mol. The number of nitrogens with zero attached hydrogens (tertiary/aromatic N) is 7. The zero-order valence-corrected chi connectivity index (χ0v) is 23.5. The van der Waals surface area contributed by atoms with Crippen LogP contribution in [0.25, 0.3) is 10.6 Å². The number of carbonyl (C=O) groups excluding carboxylic acids is 1. The van der Waals surface area contributed by atoms with Gasteiger partial charge in [0.15, 0.2) is 17.3 Å². The second-order valence-corrected chi connectivity index (χ2v) is 9.91. The van der Waals surface area contributed by atoms with Crippen molar-refractivity contribution in [1.29, 1.82) is 5.26 Å². The average molecular weight is 570 g/mol. The van der Waals surface area contributed by atoms with Gasteiger partial charge in [0.25, 0.3) is 5.91 Å². The number of benzene rings is 2. The van der Waals surface area contributed by atoms with Crippen LogP contribution in [0.15, 0.2) is 59.0 Å². The number of nitrogens with one attached hydrogen (secondary N) is 2. The molecular formula is C28H27N9O3S. The molecule has 0 aliphatic carbocycles. The maximum absolute atomic E-state index is 13.5. The Morgan fingerprint density at radius 3 is 2.73 bits per heavy atom. The fraction of sp³-hybridized carbons (Fsp3) is 0.250. The molecule has 41 heavy (non-hydrogen) atoms. The fourth-order valence-electron chi connectivity index (χ4n) is 4.21. The predicted octanol–water partition coefficient (Wildman–Crippen LogP) is 4.62. The summed E-state index contributed by atoms with van der Waals surface area (Å²) < 4.78 is 11.1. The van der Waals surface area contributed by atoms with E-state index in [4.69, 9.17) is 14.6 Å². The lowest BCUT2D eigenvalue weighted by Crippen LogP contribution is -2.32. The number of rotatable bonds is 9. The van der Waals surface area contributed by atoms with Gasteiger partial charge >= 0.3 is 0 Å². The van der Waals surface area contributed by atoms with Crippen molar-refractivity contribution in [3.8, 4) is 28.1 Å². The van der Waals surface area contributed by atoms with Crippen molar-refractivity contribution in [3.63, 3.8) is 0 Å². The molecule has 1 amide bonds. The summed E-state index contributed by atoms with van der Waals surface area (Å²) in [4.78, 5) is 21.5. The first-order valence-electron chi connectivity index (χ1n) is 12.9. The highest BCUT2D eigenvalue weighted by molar-refractivity contribution is 7.17. The number of aryl methyl sites for hydroxylation is 1. The molecule has 208 valence electrons. The van der Waals surface area contributed by atoms with Crippen LogP contribution in [0, 0.1) is 18.3 Å². The third-order valence-corrected chi connectivity index (χ3v) is 7.42. The summed E-state index contributed by atoms with van der Waals surface area (Å²) in [6.07, 6.45) is 2.93. The van der Waals surface area contributed by atoms with Gasteiger partial charge in [-0.25, -0.2) is 9.99 Å². The van der Waals surface area contributed by atoms with Crippen molar-refractivity contribution in [2.75, 3.05) is 25.7 Å². The van der Waals surface area contributed by atoms with Gasteiger partial charge in [-0.15, -0.1) is 21.5 Å². The first-order valence-corrected chi connectivity index (χ1v) is 13.7. The molecule has 1 aliphatic heterocycles. The lowest BCUT2D eigenvalue weighted by atomic mass is 10.0. The van der Waals surface area contributed by atoms with Gasteiger partial charge in [0.2, 0.25) is 5.71 Å². The topological polar surface area (TPSA) is 154 Å². The van der Waals surface area contributed by atoms with Gasteiger partial charge in [-0.1, -0.05) is 0 Å². The average Bonchev–Trinajstić information content (AvgIpc) is 3.68. The Labute approximate surface area is 240 Å². The smallest absolute Gasteiger partial charge is 0.285 e. The van der Waals surface area contributed by atoms with Crippen LogP contribution in [0.2, 0.25) is 0 Å². The van der Waals surface area contributed by atoms with Crippen molar-refractivity contribution in [1.82, 2.24) is 25.2 Å². The van der Waals surface area contributed by atoms with Gasteiger partial charge in [0.05, 0.1) is 30.8 Å². The summed E-state index contributed by atoms with van der Waals surface area (Å²) >= 11 is 1.33. The normalized spacial score (nSPS) is 13.4. The fourth-order valence-corrected chi connectivity index (χ4v) is 5.23. The molecule has 0 fully saturated rings. The van der Waals surface area contributed by atoms with Crippen LogP contribution in [0.5, 0.6) is 11.5 Å². The maximum Gasteiger partial charge on any atom is 0.285 e. The van der Waals surface area contributed by atoms with Crippen molar-refractivity contribution >= 4 is 34.4 Å². The molecule has 13 heteroatoms. The Morgan fingerprint density at radius 1 is 1.22 bits per heavy atom. The van der Waals surface area contributed by atoms with Gasteiger partial charge in [-0.05, 0) is 69.2 Å². The zero-order valence-electron chi connectivity index (χ0n) is 22.7. The van der Waals surface area contributed by atoms with E-state index in [0.717, 1.165) is 34.7 Å². The molecule has 0 spiro atoms. The molecule has 0 atom stereocenters. The molecule has 0 saturated heterocycles. The van der Waals surface area contributed by atoms with Gasteiger partial charge in [0.1, 0.15) is 22.3 Å². The number of amides is 1. The molecule has 0 unspecified atom stereocenters. The molecule has 2 aromatic carbocycles. The lowest BCUT2D eigenvalue weighted by Gasteiger charge is -2.23. The van der Waals surface area contributed by atoms with E-state index in [-0.39, 0.29) is 17.4 Å². The van der Waals surface area contributed by atoms with Crippen LogP contribution in [0.3, 0.4) is 0 Å². The maximum atomic E-state index is 13.5. The van der Waals surface area contributed by atoms with Gasteiger partial charge < -0.3 is 14.5 Å². The number of carbonyl (C=O) groups is 1. The van der Waals surface area contributed by atoms with Crippen LogP contribution < -0.4 is 14.9 Å². The van der Waals surface area contributed by atoms with Crippen LogP contribution in [-0.2, 0) is 0 Å². The second-order valence-electron chi connectivity index (χ2n) is 8.91. The summed E-state index contributed by atoms with van der Waals surface area (Å²) in [5, 5.41) is 27.8. The van der Waals surface area contributed by atoms with Crippen LogP contribution in [0.4, 0.5) is 5.69 Å².